The predicted octanol–water partition coefficient (Wildman–Crippen LogP) is 2.02. The highest BCUT2D eigenvalue weighted by atomic mass is 32.2. The average molecular weight is 358 g/mol. The average Bonchev–Trinajstić information content (AvgIpc) is 3.27. The van der Waals surface area contributed by atoms with Crippen molar-refractivity contribution in [1.29, 1.82) is 0 Å². The first kappa shape index (κ1) is 17.2. The minimum absolute atomic E-state index is 0.0129. The second-order valence-electron chi connectivity index (χ2n) is 5.40. The molecule has 3 heterocycles. The molecule has 8 nitrogen and oxygen atoms in total. The van der Waals surface area contributed by atoms with Crippen LogP contribution in [-0.4, -0.2) is 42.7 Å². The van der Waals surface area contributed by atoms with Crippen LogP contribution < -0.4 is 5.32 Å². The minimum Gasteiger partial charge on any atom is -0.411 e. The van der Waals surface area contributed by atoms with E-state index in [9.17, 15) is 4.79 Å². The van der Waals surface area contributed by atoms with Gasteiger partial charge in [0.05, 0.1) is 6.54 Å². The summed E-state index contributed by atoms with van der Waals surface area (Å²) in [6.07, 6.45) is 7.30. The molecule has 0 aromatic carbocycles. The maximum Gasteiger partial charge on any atom is 0.276 e. The van der Waals surface area contributed by atoms with E-state index in [1.165, 1.54) is 11.8 Å². The van der Waals surface area contributed by atoms with Gasteiger partial charge in [0.2, 0.25) is 11.8 Å². The van der Waals surface area contributed by atoms with Gasteiger partial charge < -0.3 is 9.73 Å². The van der Waals surface area contributed by atoms with Crippen molar-refractivity contribution in [2.75, 3.05) is 5.75 Å². The molecule has 1 atom stereocenters. The molecule has 25 heavy (non-hydrogen) atoms. The summed E-state index contributed by atoms with van der Waals surface area (Å²) in [6, 6.07) is 5.47. The van der Waals surface area contributed by atoms with Gasteiger partial charge in [0.15, 0.2) is 0 Å². The van der Waals surface area contributed by atoms with E-state index >= 15 is 0 Å². The van der Waals surface area contributed by atoms with Gasteiger partial charge in [-0.25, -0.2) is 0 Å². The third-order valence-electron chi connectivity index (χ3n) is 3.32. The molecular formula is C16H18N6O2S. The molecule has 0 aliphatic rings. The van der Waals surface area contributed by atoms with Crippen molar-refractivity contribution in [3.05, 3.63) is 43.0 Å². The highest BCUT2D eigenvalue weighted by Gasteiger charge is 2.11. The second kappa shape index (κ2) is 8.43. The zero-order valence-electron chi connectivity index (χ0n) is 13.7. The van der Waals surface area contributed by atoms with E-state index in [0.717, 1.165) is 5.56 Å². The molecule has 130 valence electrons. The van der Waals surface area contributed by atoms with Crippen LogP contribution in [0, 0.1) is 0 Å². The molecule has 0 bridgehead atoms. The molecule has 0 aliphatic heterocycles. The van der Waals surface area contributed by atoms with Crippen LogP contribution in [0.15, 0.2) is 52.6 Å². The molecule has 3 rings (SSSR count). The fourth-order valence-corrected chi connectivity index (χ4v) is 2.89. The number of pyridine rings is 1. The molecule has 0 unspecified atom stereocenters. The van der Waals surface area contributed by atoms with Crippen molar-refractivity contribution < 1.29 is 9.21 Å². The molecule has 3 aromatic rings. The van der Waals surface area contributed by atoms with Crippen molar-refractivity contribution in [2.45, 2.75) is 31.2 Å². The number of aromatic nitrogens is 5. The quantitative estimate of drug-likeness (QED) is 0.615. The van der Waals surface area contributed by atoms with Gasteiger partial charge in [0.1, 0.15) is 0 Å². The Morgan fingerprint density at radius 2 is 2.16 bits per heavy atom. The summed E-state index contributed by atoms with van der Waals surface area (Å²) < 4.78 is 7.36. The normalized spacial score (nSPS) is 12.0. The van der Waals surface area contributed by atoms with Crippen LogP contribution in [0.1, 0.15) is 13.3 Å². The predicted molar refractivity (Wildman–Crippen MR) is 92.7 cm³/mol. The van der Waals surface area contributed by atoms with Crippen LogP contribution in [0.2, 0.25) is 0 Å². The Hall–Kier alpha value is -2.68. The second-order valence-corrected chi connectivity index (χ2v) is 6.45. The molecule has 0 aliphatic carbocycles. The largest absolute Gasteiger partial charge is 0.411 e. The van der Waals surface area contributed by atoms with Crippen LogP contribution in [0.25, 0.3) is 11.5 Å². The maximum atomic E-state index is 12.0. The molecule has 9 heteroatoms. The molecule has 0 radical (unpaired) electrons. The summed E-state index contributed by atoms with van der Waals surface area (Å²) in [4.78, 5) is 15.9. The lowest BCUT2D eigenvalue weighted by Gasteiger charge is -2.13. The van der Waals surface area contributed by atoms with Crippen molar-refractivity contribution >= 4 is 17.7 Å². The van der Waals surface area contributed by atoms with Gasteiger partial charge in [0.25, 0.3) is 5.22 Å². The third-order valence-corrected chi connectivity index (χ3v) is 4.14. The summed E-state index contributed by atoms with van der Waals surface area (Å²) in [5.41, 5.74) is 0.819. The molecule has 1 amide bonds. The van der Waals surface area contributed by atoms with E-state index in [1.54, 1.807) is 35.4 Å². The zero-order valence-corrected chi connectivity index (χ0v) is 14.5. The van der Waals surface area contributed by atoms with E-state index in [4.69, 9.17) is 4.42 Å². The monoisotopic (exact) mass is 358 g/mol. The Morgan fingerprint density at radius 1 is 1.32 bits per heavy atom. The minimum atomic E-state index is -0.0129. The topological polar surface area (TPSA) is 98.7 Å². The van der Waals surface area contributed by atoms with Gasteiger partial charge in [-0.1, -0.05) is 11.8 Å². The van der Waals surface area contributed by atoms with E-state index in [-0.39, 0.29) is 11.9 Å². The number of thioether (sulfide) groups is 1. The third kappa shape index (κ3) is 5.15. The molecule has 0 fully saturated rings. The van der Waals surface area contributed by atoms with Gasteiger partial charge in [-0.2, -0.15) is 5.10 Å². The molecule has 3 aromatic heterocycles. The highest BCUT2D eigenvalue weighted by Crippen LogP contribution is 2.22. The van der Waals surface area contributed by atoms with E-state index in [0.29, 0.717) is 29.8 Å². The first-order chi connectivity index (χ1) is 12.2. The van der Waals surface area contributed by atoms with Gasteiger partial charge in [-0.05, 0) is 25.1 Å². The first-order valence-electron chi connectivity index (χ1n) is 7.84. The Bertz CT molecular complexity index is 790. The van der Waals surface area contributed by atoms with Crippen molar-refractivity contribution in [2.24, 2.45) is 0 Å². The van der Waals surface area contributed by atoms with Crippen LogP contribution in [0.5, 0.6) is 0 Å². The lowest BCUT2D eigenvalue weighted by Crippen LogP contribution is -2.35. The number of hydrogen-bond acceptors (Lipinski definition) is 7. The van der Waals surface area contributed by atoms with E-state index in [2.05, 4.69) is 25.6 Å². The highest BCUT2D eigenvalue weighted by molar-refractivity contribution is 7.99. The number of carbonyl (C=O) groups excluding carboxylic acids is 1. The van der Waals surface area contributed by atoms with Crippen molar-refractivity contribution in [1.82, 2.24) is 30.3 Å². The first-order valence-corrected chi connectivity index (χ1v) is 8.83. The summed E-state index contributed by atoms with van der Waals surface area (Å²) in [6.45, 7) is 2.59. The lowest BCUT2D eigenvalue weighted by molar-refractivity contribution is -0.121. The van der Waals surface area contributed by atoms with Crippen molar-refractivity contribution in [3.63, 3.8) is 0 Å². The Morgan fingerprint density at radius 3 is 2.92 bits per heavy atom. The fraction of sp³-hybridized carbons (Fsp3) is 0.312. The van der Waals surface area contributed by atoms with Gasteiger partial charge in [0, 0.05) is 48.6 Å². The molecule has 0 spiro atoms. The van der Waals surface area contributed by atoms with Crippen molar-refractivity contribution in [3.8, 4) is 11.5 Å². The molecule has 1 N–H and O–H groups in total. The number of nitrogens with zero attached hydrogens (tertiary/aromatic N) is 5. The Labute approximate surface area is 149 Å². The number of amides is 1. The van der Waals surface area contributed by atoms with Gasteiger partial charge in [-0.3, -0.25) is 14.5 Å². The summed E-state index contributed by atoms with van der Waals surface area (Å²) >= 11 is 1.36. The van der Waals surface area contributed by atoms with E-state index < -0.39 is 0 Å². The zero-order chi connectivity index (χ0) is 17.5. The summed E-state index contributed by atoms with van der Waals surface area (Å²) in [5.74, 6) is 1.00. The standard InChI is InChI=1S/C16H18N6O2S/c1-12(11-22-9-2-6-18-22)19-14(23)5-10-25-16-21-20-15(24-16)13-3-7-17-8-4-13/h2-4,6-9,12H,5,10-11H2,1H3,(H,19,23)/t12-/m1/s1. The number of nitrogens with one attached hydrogen (secondary N) is 1. The van der Waals surface area contributed by atoms with Crippen LogP contribution in [0.4, 0.5) is 0 Å². The van der Waals surface area contributed by atoms with Crippen LogP contribution in [0.3, 0.4) is 0 Å². The van der Waals surface area contributed by atoms with Gasteiger partial charge in [-0.15, -0.1) is 10.2 Å². The molecule has 0 saturated carbocycles. The number of carbonyl (C=O) groups is 1. The smallest absolute Gasteiger partial charge is 0.276 e. The van der Waals surface area contributed by atoms with Gasteiger partial charge >= 0.3 is 0 Å². The summed E-state index contributed by atoms with van der Waals surface area (Å²) in [5, 5.41) is 15.5. The van der Waals surface area contributed by atoms with E-state index in [1.807, 2.05) is 19.2 Å². The Balaban J connectivity index is 1.40. The maximum absolute atomic E-state index is 12.0. The lowest BCUT2D eigenvalue weighted by atomic mass is 10.3. The Kier molecular flexibility index (Phi) is 5.78. The number of rotatable bonds is 8. The summed E-state index contributed by atoms with van der Waals surface area (Å²) in [7, 11) is 0. The molecule has 0 saturated heterocycles. The number of hydrogen-bond donors (Lipinski definition) is 1. The fourth-order valence-electron chi connectivity index (χ4n) is 2.19. The molecular weight excluding hydrogens is 340 g/mol. The SMILES string of the molecule is C[C@H](Cn1cccn1)NC(=O)CCSc1nnc(-c2ccncc2)o1. The van der Waals surface area contributed by atoms with Crippen LogP contribution in [-0.2, 0) is 11.3 Å². The van der Waals surface area contributed by atoms with Crippen LogP contribution >= 0.6 is 11.8 Å².